The number of rotatable bonds is 7. The fourth-order valence-corrected chi connectivity index (χ4v) is 4.66. The molecule has 132 valence electrons. The molecular weight excluding hydrogens is 364 g/mol. The molecule has 4 aromatic rings. The third-order valence-corrected chi connectivity index (χ3v) is 6.21. The van der Waals surface area contributed by atoms with Gasteiger partial charge in [0.1, 0.15) is 0 Å². The zero-order valence-corrected chi connectivity index (χ0v) is 15.7. The summed E-state index contributed by atoms with van der Waals surface area (Å²) in [4.78, 5) is 20.9. The van der Waals surface area contributed by atoms with Crippen molar-refractivity contribution >= 4 is 50.3 Å². The fourth-order valence-electron chi connectivity index (χ4n) is 2.76. The Morgan fingerprint density at radius 1 is 1.12 bits per heavy atom. The molecule has 1 N–H and O–H groups in total. The van der Waals surface area contributed by atoms with Crippen molar-refractivity contribution < 1.29 is 4.79 Å². The molecule has 0 radical (unpaired) electrons. The molecule has 0 saturated heterocycles. The number of fused-ring (bicyclic) bond motifs is 2. The normalized spacial score (nSPS) is 11.2. The van der Waals surface area contributed by atoms with Gasteiger partial charge in [0, 0.05) is 13.1 Å². The monoisotopic (exact) mass is 382 g/mol. The number of carbonyl (C=O) groups excluding carboxylic acids is 1. The number of aromatic nitrogens is 3. The van der Waals surface area contributed by atoms with Crippen LogP contribution in [-0.4, -0.2) is 32.7 Å². The highest BCUT2D eigenvalue weighted by molar-refractivity contribution is 8.01. The van der Waals surface area contributed by atoms with Crippen LogP contribution in [0, 0.1) is 0 Å². The summed E-state index contributed by atoms with van der Waals surface area (Å²) < 4.78 is 4.21. The first-order valence-corrected chi connectivity index (χ1v) is 10.2. The molecule has 5 nitrogen and oxygen atoms in total. The molecule has 0 spiro atoms. The first-order chi connectivity index (χ1) is 12.8. The van der Waals surface area contributed by atoms with Gasteiger partial charge in [-0.05, 0) is 30.7 Å². The molecule has 4 rings (SSSR count). The van der Waals surface area contributed by atoms with Gasteiger partial charge in [0.2, 0.25) is 5.91 Å². The van der Waals surface area contributed by atoms with Gasteiger partial charge in [-0.2, -0.15) is 0 Å². The van der Waals surface area contributed by atoms with Gasteiger partial charge in [0.25, 0.3) is 0 Å². The van der Waals surface area contributed by atoms with E-state index >= 15 is 0 Å². The van der Waals surface area contributed by atoms with Gasteiger partial charge in [-0.25, -0.2) is 9.97 Å². The Morgan fingerprint density at radius 2 is 1.92 bits per heavy atom. The number of imidazole rings is 1. The van der Waals surface area contributed by atoms with E-state index in [4.69, 9.17) is 0 Å². The van der Waals surface area contributed by atoms with Gasteiger partial charge in [-0.1, -0.05) is 36.0 Å². The number of thioether (sulfide) groups is 1. The summed E-state index contributed by atoms with van der Waals surface area (Å²) in [6.07, 6.45) is 2.73. The quantitative estimate of drug-likeness (QED) is 0.388. The molecule has 0 aliphatic heterocycles. The van der Waals surface area contributed by atoms with E-state index in [0.29, 0.717) is 12.3 Å². The highest BCUT2D eigenvalue weighted by atomic mass is 32.2. The molecule has 1 amide bonds. The van der Waals surface area contributed by atoms with E-state index in [1.54, 1.807) is 11.3 Å². The Kier molecular flexibility index (Phi) is 5.17. The van der Waals surface area contributed by atoms with Crippen molar-refractivity contribution in [2.45, 2.75) is 17.3 Å². The van der Waals surface area contributed by atoms with E-state index in [1.165, 1.54) is 11.8 Å². The van der Waals surface area contributed by atoms with Gasteiger partial charge < -0.3 is 9.88 Å². The van der Waals surface area contributed by atoms with Crippen LogP contribution < -0.4 is 5.32 Å². The Bertz CT molecular complexity index is 1010. The molecule has 0 aliphatic rings. The smallest absolute Gasteiger partial charge is 0.230 e. The van der Waals surface area contributed by atoms with Crippen molar-refractivity contribution in [3.05, 3.63) is 54.9 Å². The molecule has 0 aliphatic carbocycles. The molecule has 26 heavy (non-hydrogen) atoms. The maximum absolute atomic E-state index is 12.0. The first kappa shape index (κ1) is 17.1. The summed E-state index contributed by atoms with van der Waals surface area (Å²) in [7, 11) is 0. The summed E-state index contributed by atoms with van der Waals surface area (Å²) in [5.74, 6) is 0.443. The Hall–Kier alpha value is -2.38. The van der Waals surface area contributed by atoms with E-state index in [1.807, 2.05) is 42.7 Å². The Morgan fingerprint density at radius 3 is 2.81 bits per heavy atom. The molecule has 0 unspecified atom stereocenters. The highest BCUT2D eigenvalue weighted by Crippen LogP contribution is 2.28. The predicted octanol–water partition coefficient (Wildman–Crippen LogP) is 3.94. The number of hydrogen-bond acceptors (Lipinski definition) is 5. The van der Waals surface area contributed by atoms with Gasteiger partial charge in [0.15, 0.2) is 4.34 Å². The molecular formula is C19H18N4OS2. The van der Waals surface area contributed by atoms with Gasteiger partial charge in [-0.15, -0.1) is 11.3 Å². The number of carbonyl (C=O) groups is 1. The standard InChI is InChI=1S/C19H18N4OS2/c24-18(12-25-19-22-15-7-2-4-9-17(15)26-19)20-10-5-11-23-13-21-14-6-1-3-8-16(14)23/h1-4,6-9,13H,5,10-12H2,(H,20,24). The fraction of sp³-hybridized carbons (Fsp3) is 0.211. The van der Waals surface area contributed by atoms with E-state index in [2.05, 4.69) is 32.0 Å². The number of amides is 1. The Labute approximate surface area is 159 Å². The van der Waals surface area contributed by atoms with Crippen LogP contribution in [0.5, 0.6) is 0 Å². The molecule has 0 bridgehead atoms. The zero-order valence-electron chi connectivity index (χ0n) is 14.1. The second-order valence-electron chi connectivity index (χ2n) is 5.87. The SMILES string of the molecule is O=C(CSc1nc2ccccc2s1)NCCCn1cnc2ccccc21. The summed E-state index contributed by atoms with van der Waals surface area (Å²) in [6.45, 7) is 1.50. The lowest BCUT2D eigenvalue weighted by Gasteiger charge is -2.06. The minimum Gasteiger partial charge on any atom is -0.355 e. The van der Waals surface area contributed by atoms with E-state index in [0.717, 1.165) is 38.6 Å². The van der Waals surface area contributed by atoms with Gasteiger partial charge in [0.05, 0.1) is 33.3 Å². The highest BCUT2D eigenvalue weighted by Gasteiger charge is 2.07. The zero-order chi connectivity index (χ0) is 17.8. The van der Waals surface area contributed by atoms with Crippen LogP contribution in [0.15, 0.2) is 59.2 Å². The lowest BCUT2D eigenvalue weighted by atomic mass is 10.3. The van der Waals surface area contributed by atoms with Crippen LogP contribution in [0.2, 0.25) is 0 Å². The van der Waals surface area contributed by atoms with Crippen molar-refractivity contribution in [2.24, 2.45) is 0 Å². The minimum absolute atomic E-state index is 0.0461. The first-order valence-electron chi connectivity index (χ1n) is 8.44. The summed E-state index contributed by atoms with van der Waals surface area (Å²) in [5.41, 5.74) is 3.13. The summed E-state index contributed by atoms with van der Waals surface area (Å²) in [5, 5.41) is 2.98. The third-order valence-electron chi connectivity index (χ3n) is 4.03. The van der Waals surface area contributed by atoms with Gasteiger partial charge in [-0.3, -0.25) is 4.79 Å². The Balaban J connectivity index is 1.21. The van der Waals surface area contributed by atoms with E-state index in [-0.39, 0.29) is 5.91 Å². The average molecular weight is 383 g/mol. The van der Waals surface area contributed by atoms with Crippen LogP contribution >= 0.6 is 23.1 Å². The molecule has 0 saturated carbocycles. The molecule has 2 aromatic carbocycles. The number of benzene rings is 2. The number of thiazole rings is 1. The van der Waals surface area contributed by atoms with Crippen molar-refractivity contribution in [2.75, 3.05) is 12.3 Å². The predicted molar refractivity (Wildman–Crippen MR) is 108 cm³/mol. The number of nitrogens with zero attached hydrogens (tertiary/aromatic N) is 3. The number of para-hydroxylation sites is 3. The number of aryl methyl sites for hydroxylation is 1. The van der Waals surface area contributed by atoms with Crippen LogP contribution in [0.1, 0.15) is 6.42 Å². The molecule has 7 heteroatoms. The number of nitrogens with one attached hydrogen (secondary N) is 1. The van der Waals surface area contributed by atoms with Crippen LogP contribution in [0.4, 0.5) is 0 Å². The van der Waals surface area contributed by atoms with Gasteiger partial charge >= 0.3 is 0 Å². The van der Waals surface area contributed by atoms with E-state index < -0.39 is 0 Å². The average Bonchev–Trinajstić information content (AvgIpc) is 3.27. The van der Waals surface area contributed by atoms with Crippen LogP contribution in [-0.2, 0) is 11.3 Å². The van der Waals surface area contributed by atoms with Crippen molar-refractivity contribution in [3.63, 3.8) is 0 Å². The van der Waals surface area contributed by atoms with Crippen molar-refractivity contribution in [1.82, 2.24) is 19.9 Å². The topological polar surface area (TPSA) is 59.8 Å². The molecule has 0 fully saturated rings. The third kappa shape index (κ3) is 3.89. The van der Waals surface area contributed by atoms with Crippen molar-refractivity contribution in [3.8, 4) is 0 Å². The summed E-state index contributed by atoms with van der Waals surface area (Å²) in [6, 6.07) is 16.1. The molecule has 2 aromatic heterocycles. The largest absolute Gasteiger partial charge is 0.355 e. The summed E-state index contributed by atoms with van der Waals surface area (Å²) >= 11 is 3.12. The number of hydrogen-bond donors (Lipinski definition) is 1. The molecule has 2 heterocycles. The van der Waals surface area contributed by atoms with Crippen molar-refractivity contribution in [1.29, 1.82) is 0 Å². The molecule has 0 atom stereocenters. The van der Waals surface area contributed by atoms with Crippen LogP contribution in [0.3, 0.4) is 0 Å². The second-order valence-corrected chi connectivity index (χ2v) is 8.12. The lowest BCUT2D eigenvalue weighted by Crippen LogP contribution is -2.26. The second kappa shape index (κ2) is 7.88. The maximum Gasteiger partial charge on any atom is 0.230 e. The minimum atomic E-state index is 0.0461. The van der Waals surface area contributed by atoms with Crippen LogP contribution in [0.25, 0.3) is 21.3 Å². The maximum atomic E-state index is 12.0. The van der Waals surface area contributed by atoms with E-state index in [9.17, 15) is 4.79 Å². The lowest BCUT2D eigenvalue weighted by molar-refractivity contribution is -0.118.